The number of para-hydroxylation sites is 1. The molecule has 2 rings (SSSR count). The molecule has 0 spiro atoms. The van der Waals surface area contributed by atoms with Crippen molar-refractivity contribution in [1.29, 1.82) is 0 Å². The van der Waals surface area contributed by atoms with Crippen molar-refractivity contribution < 1.29 is 19.2 Å². The molecule has 8 nitrogen and oxygen atoms in total. The van der Waals surface area contributed by atoms with E-state index in [0.717, 1.165) is 24.7 Å². The van der Waals surface area contributed by atoms with E-state index in [-0.39, 0.29) is 11.3 Å². The molecule has 0 saturated carbocycles. The van der Waals surface area contributed by atoms with E-state index in [4.69, 9.17) is 4.74 Å². The zero-order valence-electron chi connectivity index (χ0n) is 16.3. The van der Waals surface area contributed by atoms with Crippen molar-refractivity contribution in [1.82, 2.24) is 5.32 Å². The molecule has 0 bridgehead atoms. The van der Waals surface area contributed by atoms with Gasteiger partial charge in [-0.3, -0.25) is 14.9 Å². The van der Waals surface area contributed by atoms with E-state index in [9.17, 15) is 19.7 Å². The standard InChI is InChI=1S/C20H23N3O5S/c1-22(16-7-4-3-5-8-16)12-6-11-21-19(24)14-28-20(25)15-9-10-18(29-2)17(13-15)23(26)27/h3-5,7-10,13H,6,11-12,14H2,1-2H3,(H,21,24). The van der Waals surface area contributed by atoms with Gasteiger partial charge in [0, 0.05) is 31.9 Å². The Hall–Kier alpha value is -3.07. The number of hydrogen-bond donors (Lipinski definition) is 1. The fourth-order valence-corrected chi connectivity index (χ4v) is 3.13. The topological polar surface area (TPSA) is 102 Å². The van der Waals surface area contributed by atoms with Crippen LogP contribution in [0, 0.1) is 10.1 Å². The van der Waals surface area contributed by atoms with E-state index in [1.165, 1.54) is 23.9 Å². The molecule has 1 N–H and O–H groups in total. The van der Waals surface area contributed by atoms with Crippen LogP contribution >= 0.6 is 11.8 Å². The van der Waals surface area contributed by atoms with Crippen molar-refractivity contribution in [3.05, 3.63) is 64.2 Å². The smallest absolute Gasteiger partial charge is 0.338 e. The molecule has 0 aromatic heterocycles. The second kappa shape index (κ2) is 11.1. The molecule has 0 fully saturated rings. The number of nitrogens with zero attached hydrogens (tertiary/aromatic N) is 2. The van der Waals surface area contributed by atoms with Crippen LogP contribution in [0.5, 0.6) is 0 Å². The molecule has 0 aliphatic rings. The lowest BCUT2D eigenvalue weighted by molar-refractivity contribution is -0.387. The molecule has 9 heteroatoms. The largest absolute Gasteiger partial charge is 0.452 e. The highest BCUT2D eigenvalue weighted by atomic mass is 32.2. The van der Waals surface area contributed by atoms with Crippen LogP contribution in [0.25, 0.3) is 0 Å². The molecule has 0 aliphatic heterocycles. The third-order valence-corrected chi connectivity index (χ3v) is 4.92. The van der Waals surface area contributed by atoms with Gasteiger partial charge in [0.15, 0.2) is 6.61 Å². The SMILES string of the molecule is CSc1ccc(C(=O)OCC(=O)NCCCN(C)c2ccccc2)cc1[N+](=O)[O-]. The van der Waals surface area contributed by atoms with Crippen LogP contribution in [0.1, 0.15) is 16.8 Å². The van der Waals surface area contributed by atoms with Gasteiger partial charge in [-0.1, -0.05) is 18.2 Å². The van der Waals surface area contributed by atoms with Crippen LogP contribution in [0.3, 0.4) is 0 Å². The second-order valence-electron chi connectivity index (χ2n) is 6.18. The van der Waals surface area contributed by atoms with Crippen molar-refractivity contribution in [2.24, 2.45) is 0 Å². The Bertz CT molecular complexity index is 860. The zero-order valence-corrected chi connectivity index (χ0v) is 17.1. The van der Waals surface area contributed by atoms with E-state index >= 15 is 0 Å². The highest BCUT2D eigenvalue weighted by molar-refractivity contribution is 7.98. The van der Waals surface area contributed by atoms with Crippen LogP contribution in [0.4, 0.5) is 11.4 Å². The van der Waals surface area contributed by atoms with Crippen LogP contribution < -0.4 is 10.2 Å². The Labute approximate surface area is 173 Å². The zero-order chi connectivity index (χ0) is 21.2. The van der Waals surface area contributed by atoms with E-state index in [1.807, 2.05) is 37.4 Å². The summed E-state index contributed by atoms with van der Waals surface area (Å²) in [5, 5.41) is 13.8. The minimum Gasteiger partial charge on any atom is -0.452 e. The highest BCUT2D eigenvalue weighted by Crippen LogP contribution is 2.28. The van der Waals surface area contributed by atoms with Crippen molar-refractivity contribution in [2.45, 2.75) is 11.3 Å². The minimum atomic E-state index is -0.778. The van der Waals surface area contributed by atoms with Gasteiger partial charge in [0.1, 0.15) is 0 Å². The molecule has 0 radical (unpaired) electrons. The van der Waals surface area contributed by atoms with Gasteiger partial charge in [-0.25, -0.2) is 4.79 Å². The lowest BCUT2D eigenvalue weighted by Gasteiger charge is -2.19. The number of rotatable bonds is 10. The first kappa shape index (κ1) is 22.2. The average Bonchev–Trinajstić information content (AvgIpc) is 2.74. The summed E-state index contributed by atoms with van der Waals surface area (Å²) < 4.78 is 4.95. The predicted octanol–water partition coefficient (Wildman–Crippen LogP) is 3.12. The molecular formula is C20H23N3O5S. The molecule has 2 aromatic carbocycles. The van der Waals surface area contributed by atoms with Gasteiger partial charge in [0.25, 0.3) is 11.6 Å². The number of carbonyl (C=O) groups excluding carboxylic acids is 2. The maximum Gasteiger partial charge on any atom is 0.338 e. The van der Waals surface area contributed by atoms with E-state index in [2.05, 4.69) is 10.2 Å². The third-order valence-electron chi connectivity index (χ3n) is 4.14. The molecule has 0 saturated heterocycles. The van der Waals surface area contributed by atoms with Crippen molar-refractivity contribution >= 4 is 35.0 Å². The number of hydrogen-bond acceptors (Lipinski definition) is 7. The molecule has 0 atom stereocenters. The second-order valence-corrected chi connectivity index (χ2v) is 7.03. The fraction of sp³-hybridized carbons (Fsp3) is 0.300. The summed E-state index contributed by atoms with van der Waals surface area (Å²) in [5.41, 5.74) is 0.958. The van der Waals surface area contributed by atoms with Crippen molar-refractivity contribution in [3.8, 4) is 0 Å². The fourth-order valence-electron chi connectivity index (χ4n) is 2.58. The summed E-state index contributed by atoms with van der Waals surface area (Å²) in [4.78, 5) is 37.0. The summed E-state index contributed by atoms with van der Waals surface area (Å²) in [7, 11) is 1.97. The summed E-state index contributed by atoms with van der Waals surface area (Å²) in [5.74, 6) is -1.20. The number of benzene rings is 2. The highest BCUT2D eigenvalue weighted by Gasteiger charge is 2.18. The third kappa shape index (κ3) is 6.79. The van der Waals surface area contributed by atoms with Gasteiger partial charge in [-0.2, -0.15) is 0 Å². The minimum absolute atomic E-state index is 0.0341. The predicted molar refractivity (Wildman–Crippen MR) is 112 cm³/mol. The molecule has 0 aliphatic carbocycles. The Morgan fingerprint density at radius 3 is 2.59 bits per heavy atom. The monoisotopic (exact) mass is 417 g/mol. The van der Waals surface area contributed by atoms with Gasteiger partial charge < -0.3 is 15.0 Å². The Morgan fingerprint density at radius 2 is 1.93 bits per heavy atom. The van der Waals surface area contributed by atoms with Crippen LogP contribution in [-0.2, 0) is 9.53 Å². The van der Waals surface area contributed by atoms with Crippen LogP contribution in [-0.4, -0.2) is 49.8 Å². The van der Waals surface area contributed by atoms with Gasteiger partial charge in [-0.05, 0) is 36.9 Å². The Morgan fingerprint density at radius 1 is 1.21 bits per heavy atom. The van der Waals surface area contributed by atoms with E-state index < -0.39 is 23.4 Å². The first-order chi connectivity index (χ1) is 13.9. The van der Waals surface area contributed by atoms with Gasteiger partial charge >= 0.3 is 5.97 Å². The number of nitro groups is 1. The number of ether oxygens (including phenoxy) is 1. The van der Waals surface area contributed by atoms with E-state index in [0.29, 0.717) is 11.4 Å². The lowest BCUT2D eigenvalue weighted by Crippen LogP contribution is -2.31. The van der Waals surface area contributed by atoms with E-state index in [1.54, 1.807) is 6.26 Å². The number of carbonyl (C=O) groups is 2. The number of nitro benzene ring substituents is 1. The maximum atomic E-state index is 12.1. The summed E-state index contributed by atoms with van der Waals surface area (Å²) in [6, 6.07) is 14.0. The Kier molecular flexibility index (Phi) is 8.47. The molecule has 29 heavy (non-hydrogen) atoms. The normalized spacial score (nSPS) is 10.3. The average molecular weight is 417 g/mol. The maximum absolute atomic E-state index is 12.1. The molecule has 154 valence electrons. The van der Waals surface area contributed by atoms with Crippen molar-refractivity contribution in [2.75, 3.05) is 37.9 Å². The first-order valence-corrected chi connectivity index (χ1v) is 10.2. The summed E-state index contributed by atoms with van der Waals surface area (Å²) >= 11 is 1.21. The lowest BCUT2D eigenvalue weighted by atomic mass is 10.2. The van der Waals surface area contributed by atoms with Crippen LogP contribution in [0.2, 0.25) is 0 Å². The first-order valence-electron chi connectivity index (χ1n) is 8.95. The number of nitrogens with one attached hydrogen (secondary N) is 1. The summed E-state index contributed by atoms with van der Waals surface area (Å²) in [6.45, 7) is 0.766. The molecule has 2 aromatic rings. The Balaban J connectivity index is 1.74. The summed E-state index contributed by atoms with van der Waals surface area (Å²) in [6.07, 6.45) is 2.44. The number of amides is 1. The van der Waals surface area contributed by atoms with Gasteiger partial charge in [0.05, 0.1) is 15.4 Å². The number of esters is 1. The van der Waals surface area contributed by atoms with Gasteiger partial charge in [-0.15, -0.1) is 11.8 Å². The molecule has 0 heterocycles. The molecule has 1 amide bonds. The molecular weight excluding hydrogens is 394 g/mol. The van der Waals surface area contributed by atoms with Gasteiger partial charge in [0.2, 0.25) is 0 Å². The quantitative estimate of drug-likeness (QED) is 0.208. The number of thioether (sulfide) groups is 1. The molecule has 0 unspecified atom stereocenters. The van der Waals surface area contributed by atoms with Crippen LogP contribution in [0.15, 0.2) is 53.4 Å². The number of anilines is 1. The van der Waals surface area contributed by atoms with Crippen molar-refractivity contribution in [3.63, 3.8) is 0 Å².